The molecule has 0 aliphatic rings. The smallest absolute Gasteiger partial charge is 0.337 e. The van der Waals surface area contributed by atoms with E-state index >= 15 is 0 Å². The van der Waals surface area contributed by atoms with Crippen molar-refractivity contribution in [2.45, 2.75) is 6.42 Å². The second-order valence-corrected chi connectivity index (χ2v) is 3.58. The molecule has 0 heterocycles. The summed E-state index contributed by atoms with van der Waals surface area (Å²) in [5, 5.41) is 14.0. The van der Waals surface area contributed by atoms with Gasteiger partial charge in [-0.2, -0.15) is 0 Å². The molecule has 0 aliphatic heterocycles. The van der Waals surface area contributed by atoms with Crippen LogP contribution >= 0.6 is 0 Å². The molecular weight excluding hydrogens is 236 g/mol. The second-order valence-electron chi connectivity index (χ2n) is 3.58. The number of hydrogen-bond donors (Lipinski definition) is 3. The number of amides is 2. The van der Waals surface area contributed by atoms with Gasteiger partial charge in [0.1, 0.15) is 0 Å². The molecule has 1 aromatic carbocycles. The van der Waals surface area contributed by atoms with E-state index in [1.165, 1.54) is 12.1 Å². The van der Waals surface area contributed by atoms with Gasteiger partial charge in [0, 0.05) is 20.3 Å². The SMILES string of the molecule is COCCCNC(=O)Nc1ccccc1C(=O)O. The number of rotatable bonds is 6. The van der Waals surface area contributed by atoms with Gasteiger partial charge in [-0.05, 0) is 18.6 Å². The third-order valence-electron chi connectivity index (χ3n) is 2.22. The highest BCUT2D eigenvalue weighted by Gasteiger charge is 2.10. The number of carbonyl (C=O) groups is 2. The molecular formula is C12H16N2O4. The fraction of sp³-hybridized carbons (Fsp3) is 0.333. The van der Waals surface area contributed by atoms with Gasteiger partial charge in [0.25, 0.3) is 0 Å². The number of methoxy groups -OCH3 is 1. The first kappa shape index (κ1) is 14.0. The molecule has 0 spiro atoms. The average molecular weight is 252 g/mol. The number of ether oxygens (including phenoxy) is 1. The van der Waals surface area contributed by atoms with E-state index in [2.05, 4.69) is 10.6 Å². The summed E-state index contributed by atoms with van der Waals surface area (Å²) in [5.74, 6) is -1.08. The van der Waals surface area contributed by atoms with Gasteiger partial charge in [0.05, 0.1) is 11.3 Å². The molecule has 18 heavy (non-hydrogen) atoms. The van der Waals surface area contributed by atoms with Gasteiger partial charge in [0.2, 0.25) is 0 Å². The lowest BCUT2D eigenvalue weighted by atomic mass is 10.2. The number of urea groups is 1. The Labute approximate surface area is 105 Å². The van der Waals surface area contributed by atoms with E-state index in [1.807, 2.05) is 0 Å². The molecule has 0 unspecified atom stereocenters. The van der Waals surface area contributed by atoms with Crippen molar-refractivity contribution in [3.8, 4) is 0 Å². The van der Waals surface area contributed by atoms with Crippen molar-refractivity contribution >= 4 is 17.7 Å². The van der Waals surface area contributed by atoms with Crippen LogP contribution in [-0.4, -0.2) is 37.4 Å². The van der Waals surface area contributed by atoms with Crippen LogP contribution in [0.1, 0.15) is 16.8 Å². The summed E-state index contributed by atoms with van der Waals surface area (Å²) in [7, 11) is 1.59. The van der Waals surface area contributed by atoms with Gasteiger partial charge in [-0.3, -0.25) is 0 Å². The van der Waals surface area contributed by atoms with Crippen molar-refractivity contribution in [2.24, 2.45) is 0 Å². The van der Waals surface area contributed by atoms with Crippen LogP contribution in [0.25, 0.3) is 0 Å². The molecule has 3 N–H and O–H groups in total. The highest BCUT2D eigenvalue weighted by atomic mass is 16.5. The molecule has 98 valence electrons. The molecule has 0 atom stereocenters. The van der Waals surface area contributed by atoms with E-state index in [9.17, 15) is 9.59 Å². The first-order chi connectivity index (χ1) is 8.65. The predicted octanol–water partition coefficient (Wildman–Crippen LogP) is 1.54. The van der Waals surface area contributed by atoms with Gasteiger partial charge < -0.3 is 20.5 Å². The molecule has 0 saturated heterocycles. The number of nitrogens with one attached hydrogen (secondary N) is 2. The lowest BCUT2D eigenvalue weighted by Gasteiger charge is -2.09. The third kappa shape index (κ3) is 4.42. The first-order valence-electron chi connectivity index (χ1n) is 5.51. The largest absolute Gasteiger partial charge is 0.478 e. The van der Waals surface area contributed by atoms with Gasteiger partial charge in [-0.25, -0.2) is 9.59 Å². The molecule has 0 fully saturated rings. The lowest BCUT2D eigenvalue weighted by molar-refractivity contribution is 0.0698. The van der Waals surface area contributed by atoms with Crippen LogP contribution in [0.4, 0.5) is 10.5 Å². The van der Waals surface area contributed by atoms with Crippen LogP contribution in [0.15, 0.2) is 24.3 Å². The first-order valence-corrected chi connectivity index (χ1v) is 5.51. The Morgan fingerprint density at radius 2 is 2.06 bits per heavy atom. The fourth-order valence-corrected chi connectivity index (χ4v) is 1.36. The Bertz CT molecular complexity index is 420. The Morgan fingerprint density at radius 3 is 2.72 bits per heavy atom. The van der Waals surface area contributed by atoms with E-state index in [4.69, 9.17) is 9.84 Å². The predicted molar refractivity (Wildman–Crippen MR) is 66.9 cm³/mol. The standard InChI is InChI=1S/C12H16N2O4/c1-18-8-4-7-13-12(17)14-10-6-3-2-5-9(10)11(15)16/h2-3,5-6H,4,7-8H2,1H3,(H,15,16)(H2,13,14,17). The van der Waals surface area contributed by atoms with Gasteiger partial charge in [-0.1, -0.05) is 12.1 Å². The average Bonchev–Trinajstić information content (AvgIpc) is 2.35. The number of carboxylic acids is 1. The molecule has 0 radical (unpaired) electrons. The Morgan fingerprint density at radius 1 is 1.33 bits per heavy atom. The van der Waals surface area contributed by atoms with Crippen LogP contribution in [0.3, 0.4) is 0 Å². The molecule has 0 saturated carbocycles. The third-order valence-corrected chi connectivity index (χ3v) is 2.22. The van der Waals surface area contributed by atoms with E-state index < -0.39 is 12.0 Å². The van der Waals surface area contributed by atoms with Crippen LogP contribution in [0, 0.1) is 0 Å². The van der Waals surface area contributed by atoms with E-state index in [0.29, 0.717) is 19.6 Å². The Balaban J connectivity index is 2.51. The summed E-state index contributed by atoms with van der Waals surface area (Å²) < 4.78 is 4.84. The van der Waals surface area contributed by atoms with Gasteiger partial charge in [-0.15, -0.1) is 0 Å². The van der Waals surface area contributed by atoms with E-state index in [1.54, 1.807) is 19.2 Å². The topological polar surface area (TPSA) is 87.7 Å². The van der Waals surface area contributed by atoms with Crippen LogP contribution in [-0.2, 0) is 4.74 Å². The molecule has 0 bridgehead atoms. The number of carbonyl (C=O) groups excluding carboxylic acids is 1. The zero-order valence-electron chi connectivity index (χ0n) is 10.1. The summed E-state index contributed by atoms with van der Waals surface area (Å²) in [5.41, 5.74) is 0.332. The summed E-state index contributed by atoms with van der Waals surface area (Å²) in [6.07, 6.45) is 0.699. The zero-order valence-corrected chi connectivity index (χ0v) is 10.1. The van der Waals surface area contributed by atoms with Crippen molar-refractivity contribution in [2.75, 3.05) is 25.6 Å². The minimum absolute atomic E-state index is 0.0598. The van der Waals surface area contributed by atoms with Crippen molar-refractivity contribution in [3.05, 3.63) is 29.8 Å². The van der Waals surface area contributed by atoms with E-state index in [-0.39, 0.29) is 11.3 Å². The van der Waals surface area contributed by atoms with Crippen molar-refractivity contribution in [1.82, 2.24) is 5.32 Å². The number of anilines is 1. The maximum atomic E-state index is 11.5. The highest BCUT2D eigenvalue weighted by molar-refractivity contribution is 5.99. The minimum Gasteiger partial charge on any atom is -0.478 e. The number of hydrogen-bond acceptors (Lipinski definition) is 3. The van der Waals surface area contributed by atoms with Crippen molar-refractivity contribution in [3.63, 3.8) is 0 Å². The van der Waals surface area contributed by atoms with Gasteiger partial charge >= 0.3 is 12.0 Å². The molecule has 1 rings (SSSR count). The maximum Gasteiger partial charge on any atom is 0.337 e. The maximum absolute atomic E-state index is 11.5. The number of carboxylic acid groups (broad SMARTS) is 1. The summed E-state index contributed by atoms with van der Waals surface area (Å²) in [6, 6.07) is 5.80. The zero-order chi connectivity index (χ0) is 13.4. The lowest BCUT2D eigenvalue weighted by Crippen LogP contribution is -2.30. The molecule has 1 aromatic rings. The van der Waals surface area contributed by atoms with E-state index in [0.717, 1.165) is 0 Å². The van der Waals surface area contributed by atoms with Crippen LogP contribution in [0.2, 0.25) is 0 Å². The quantitative estimate of drug-likeness (QED) is 0.670. The monoisotopic (exact) mass is 252 g/mol. The molecule has 0 aromatic heterocycles. The number of aromatic carboxylic acids is 1. The minimum atomic E-state index is -1.08. The molecule has 6 heteroatoms. The summed E-state index contributed by atoms with van der Waals surface area (Å²) >= 11 is 0. The molecule has 2 amide bonds. The Kier molecular flexibility index (Phi) is 5.66. The summed E-state index contributed by atoms with van der Waals surface area (Å²) in [6.45, 7) is 1.03. The Hall–Kier alpha value is -2.08. The number of benzene rings is 1. The van der Waals surface area contributed by atoms with Crippen LogP contribution < -0.4 is 10.6 Å². The highest BCUT2D eigenvalue weighted by Crippen LogP contribution is 2.14. The normalized spacial score (nSPS) is 9.83. The summed E-state index contributed by atoms with van der Waals surface area (Å²) in [4.78, 5) is 22.4. The van der Waals surface area contributed by atoms with Gasteiger partial charge in [0.15, 0.2) is 0 Å². The molecule has 6 nitrogen and oxygen atoms in total. The fourth-order valence-electron chi connectivity index (χ4n) is 1.36. The van der Waals surface area contributed by atoms with Crippen LogP contribution in [0.5, 0.6) is 0 Å². The second kappa shape index (κ2) is 7.29. The van der Waals surface area contributed by atoms with Crippen molar-refractivity contribution in [1.29, 1.82) is 0 Å². The number of para-hydroxylation sites is 1. The molecule has 0 aliphatic carbocycles. The van der Waals surface area contributed by atoms with Crippen molar-refractivity contribution < 1.29 is 19.4 Å².